The van der Waals surface area contributed by atoms with Gasteiger partial charge in [0.05, 0.1) is 0 Å². The van der Waals surface area contributed by atoms with Crippen LogP contribution in [0.1, 0.15) is 58.8 Å². The molecule has 0 aliphatic heterocycles. The molecule has 0 aromatic rings. The maximum atomic E-state index is 3.56. The summed E-state index contributed by atoms with van der Waals surface area (Å²) in [5, 5.41) is 3.56. The van der Waals surface area contributed by atoms with Crippen molar-refractivity contribution in [1.82, 2.24) is 5.32 Å². The Hall–Kier alpha value is -0.0300. The number of nitrogens with one attached hydrogen (secondary N) is 1. The minimum atomic E-state index is 0. The summed E-state index contributed by atoms with van der Waals surface area (Å²) < 4.78 is 0. The normalized spacial score (nSPS) is 17.0. The smallest absolute Gasteiger partial charge is 0.0255 e. The lowest BCUT2D eigenvalue weighted by Crippen LogP contribution is -2.26. The predicted molar refractivity (Wildman–Crippen MR) is 69.8 cm³/mol. The van der Waals surface area contributed by atoms with Crippen LogP contribution in [0.4, 0.5) is 0 Å². The van der Waals surface area contributed by atoms with E-state index in [0.717, 1.165) is 6.04 Å². The molecule has 1 aliphatic rings. The van der Waals surface area contributed by atoms with Gasteiger partial charge in [-0.1, -0.05) is 38.7 Å². The highest BCUT2D eigenvalue weighted by atomic mass is 31.0. The Labute approximate surface area is 92.4 Å². The van der Waals surface area contributed by atoms with Crippen LogP contribution in [0.5, 0.6) is 0 Å². The first-order valence-electron chi connectivity index (χ1n) is 5.80. The van der Waals surface area contributed by atoms with Gasteiger partial charge in [0.25, 0.3) is 0 Å². The summed E-state index contributed by atoms with van der Waals surface area (Å²) in [4.78, 5) is 0. The SMILES string of the molecule is CCC(=CNC1CCCCC1)CC.P. The Bertz CT molecular complexity index is 154. The summed E-state index contributed by atoms with van der Waals surface area (Å²) in [6.45, 7) is 4.47. The second-order valence-electron chi connectivity index (χ2n) is 4.01. The summed E-state index contributed by atoms with van der Waals surface area (Å²) in [7, 11) is 0. The summed E-state index contributed by atoms with van der Waals surface area (Å²) in [5.74, 6) is 0. The molecule has 0 bridgehead atoms. The molecule has 2 heteroatoms. The molecule has 1 unspecified atom stereocenters. The molecule has 0 amide bonds. The van der Waals surface area contributed by atoms with Gasteiger partial charge in [0.15, 0.2) is 0 Å². The van der Waals surface area contributed by atoms with Gasteiger partial charge in [0.2, 0.25) is 0 Å². The fourth-order valence-electron chi connectivity index (χ4n) is 1.96. The first kappa shape index (κ1) is 14.0. The zero-order valence-electron chi connectivity index (χ0n) is 9.81. The first-order valence-corrected chi connectivity index (χ1v) is 5.80. The largest absolute Gasteiger partial charge is 0.388 e. The van der Waals surface area contributed by atoms with E-state index in [4.69, 9.17) is 0 Å². The molecule has 1 rings (SSSR count). The molecular weight excluding hydrogens is 189 g/mol. The van der Waals surface area contributed by atoms with Gasteiger partial charge in [-0.25, -0.2) is 0 Å². The number of hydrogen-bond acceptors (Lipinski definition) is 1. The quantitative estimate of drug-likeness (QED) is 0.705. The van der Waals surface area contributed by atoms with Gasteiger partial charge in [-0.3, -0.25) is 0 Å². The van der Waals surface area contributed by atoms with Crippen molar-refractivity contribution in [2.24, 2.45) is 0 Å². The lowest BCUT2D eigenvalue weighted by molar-refractivity contribution is 0.403. The molecule has 84 valence electrons. The van der Waals surface area contributed by atoms with E-state index in [2.05, 4.69) is 25.4 Å². The van der Waals surface area contributed by atoms with Crippen LogP contribution >= 0.6 is 9.90 Å². The number of hydrogen-bond donors (Lipinski definition) is 1. The van der Waals surface area contributed by atoms with Gasteiger partial charge in [-0.15, -0.1) is 0 Å². The van der Waals surface area contributed by atoms with Crippen molar-refractivity contribution in [3.8, 4) is 0 Å². The highest BCUT2D eigenvalue weighted by Gasteiger charge is 2.10. The highest BCUT2D eigenvalue weighted by Crippen LogP contribution is 2.17. The Kier molecular flexibility index (Phi) is 8.27. The van der Waals surface area contributed by atoms with Crippen LogP contribution in [0.25, 0.3) is 0 Å². The lowest BCUT2D eigenvalue weighted by Gasteiger charge is -2.22. The minimum absolute atomic E-state index is 0. The van der Waals surface area contributed by atoms with E-state index in [-0.39, 0.29) is 9.90 Å². The van der Waals surface area contributed by atoms with Crippen molar-refractivity contribution in [3.63, 3.8) is 0 Å². The van der Waals surface area contributed by atoms with E-state index in [0.29, 0.717) is 0 Å². The van der Waals surface area contributed by atoms with Crippen molar-refractivity contribution in [1.29, 1.82) is 0 Å². The fourth-order valence-corrected chi connectivity index (χ4v) is 1.96. The van der Waals surface area contributed by atoms with Gasteiger partial charge in [0.1, 0.15) is 0 Å². The maximum Gasteiger partial charge on any atom is 0.0255 e. The van der Waals surface area contributed by atoms with Crippen molar-refractivity contribution in [2.45, 2.75) is 64.8 Å². The Morgan fingerprint density at radius 1 is 1.14 bits per heavy atom. The fraction of sp³-hybridized carbons (Fsp3) is 0.833. The topological polar surface area (TPSA) is 12.0 Å². The molecule has 0 saturated heterocycles. The van der Waals surface area contributed by atoms with Crippen LogP contribution in [-0.4, -0.2) is 6.04 Å². The second kappa shape index (κ2) is 8.29. The Morgan fingerprint density at radius 3 is 2.21 bits per heavy atom. The first-order chi connectivity index (χ1) is 6.36. The molecule has 0 aromatic heterocycles. The average molecular weight is 215 g/mol. The summed E-state index contributed by atoms with van der Waals surface area (Å²) in [6, 6.07) is 0.766. The Morgan fingerprint density at radius 2 is 1.71 bits per heavy atom. The standard InChI is InChI=1S/C12H23N.H3P/c1-3-11(4-2)10-13-12-8-6-5-7-9-12;/h10,12-13H,3-9H2,1-2H3;1H3. The molecule has 1 N–H and O–H groups in total. The van der Waals surface area contributed by atoms with E-state index in [1.165, 1.54) is 44.9 Å². The maximum absolute atomic E-state index is 3.56. The zero-order chi connectivity index (χ0) is 9.52. The highest BCUT2D eigenvalue weighted by molar-refractivity contribution is 6.92. The summed E-state index contributed by atoms with van der Waals surface area (Å²) >= 11 is 0. The second-order valence-corrected chi connectivity index (χ2v) is 4.01. The van der Waals surface area contributed by atoms with Gasteiger partial charge >= 0.3 is 0 Å². The lowest BCUT2D eigenvalue weighted by atomic mass is 9.95. The van der Waals surface area contributed by atoms with Crippen LogP contribution in [0, 0.1) is 0 Å². The van der Waals surface area contributed by atoms with Crippen molar-refractivity contribution >= 4 is 9.90 Å². The monoisotopic (exact) mass is 215 g/mol. The Balaban J connectivity index is 0.00000169. The van der Waals surface area contributed by atoms with E-state index in [1.807, 2.05) is 0 Å². The van der Waals surface area contributed by atoms with Crippen molar-refractivity contribution < 1.29 is 0 Å². The molecule has 0 radical (unpaired) electrons. The van der Waals surface area contributed by atoms with E-state index in [1.54, 1.807) is 5.57 Å². The van der Waals surface area contributed by atoms with Crippen molar-refractivity contribution in [2.75, 3.05) is 0 Å². The predicted octanol–water partition coefficient (Wildman–Crippen LogP) is 3.67. The summed E-state index contributed by atoms with van der Waals surface area (Å²) in [6.07, 6.45) is 11.7. The summed E-state index contributed by atoms with van der Waals surface area (Å²) in [5.41, 5.74) is 1.55. The van der Waals surface area contributed by atoms with Gasteiger partial charge in [0, 0.05) is 6.04 Å². The molecule has 1 aliphatic carbocycles. The van der Waals surface area contributed by atoms with Crippen LogP contribution in [0.15, 0.2) is 11.8 Å². The van der Waals surface area contributed by atoms with Crippen LogP contribution in [0.3, 0.4) is 0 Å². The molecule has 14 heavy (non-hydrogen) atoms. The van der Waals surface area contributed by atoms with Gasteiger partial charge < -0.3 is 5.32 Å². The molecule has 0 aromatic carbocycles. The number of rotatable bonds is 4. The molecule has 0 spiro atoms. The molecule has 1 atom stereocenters. The number of allylic oxidation sites excluding steroid dienone is 1. The van der Waals surface area contributed by atoms with Gasteiger partial charge in [-0.05, 0) is 31.9 Å². The third kappa shape index (κ3) is 5.00. The molecule has 0 heterocycles. The molecule has 1 saturated carbocycles. The van der Waals surface area contributed by atoms with Gasteiger partial charge in [-0.2, -0.15) is 9.90 Å². The third-order valence-electron chi connectivity index (χ3n) is 3.04. The van der Waals surface area contributed by atoms with Crippen LogP contribution < -0.4 is 5.32 Å². The third-order valence-corrected chi connectivity index (χ3v) is 3.04. The molecule has 1 fully saturated rings. The van der Waals surface area contributed by atoms with Crippen molar-refractivity contribution in [3.05, 3.63) is 11.8 Å². The van der Waals surface area contributed by atoms with Crippen LogP contribution in [0.2, 0.25) is 0 Å². The minimum Gasteiger partial charge on any atom is -0.388 e. The van der Waals surface area contributed by atoms with Crippen LogP contribution in [-0.2, 0) is 0 Å². The van der Waals surface area contributed by atoms with E-state index < -0.39 is 0 Å². The molecule has 1 nitrogen and oxygen atoms in total. The van der Waals surface area contributed by atoms with E-state index >= 15 is 0 Å². The zero-order valence-corrected chi connectivity index (χ0v) is 11.2. The molecular formula is C12H26NP. The average Bonchev–Trinajstić information content (AvgIpc) is 2.21. The van der Waals surface area contributed by atoms with E-state index in [9.17, 15) is 0 Å².